The smallest absolute Gasteiger partial charge is 0.320 e. The maximum Gasteiger partial charge on any atom is 0.320 e. The number of carbonyl (C=O) groups is 2. The van der Waals surface area contributed by atoms with Crippen molar-refractivity contribution in [2.24, 2.45) is 0 Å². The van der Waals surface area contributed by atoms with E-state index in [0.29, 0.717) is 45.0 Å². The molecule has 34 heavy (non-hydrogen) atoms. The van der Waals surface area contributed by atoms with E-state index in [0.717, 1.165) is 0 Å². The zero-order valence-corrected chi connectivity index (χ0v) is 19.5. The molecule has 0 fully saturated rings. The van der Waals surface area contributed by atoms with Crippen LogP contribution in [0.1, 0.15) is 21.6 Å². The van der Waals surface area contributed by atoms with Gasteiger partial charge in [0.2, 0.25) is 11.5 Å². The Morgan fingerprint density at radius 2 is 1.68 bits per heavy atom. The van der Waals surface area contributed by atoms with Crippen molar-refractivity contribution in [3.8, 4) is 34.8 Å². The fourth-order valence-corrected chi connectivity index (χ4v) is 3.32. The van der Waals surface area contributed by atoms with E-state index < -0.39 is 5.97 Å². The van der Waals surface area contributed by atoms with Crippen molar-refractivity contribution in [3.05, 3.63) is 41.1 Å². The maximum absolute atomic E-state index is 13.4. The number of hydrogen-bond donors (Lipinski definition) is 2. The van der Waals surface area contributed by atoms with Crippen LogP contribution < -0.4 is 24.3 Å². The van der Waals surface area contributed by atoms with E-state index in [1.54, 1.807) is 31.3 Å². The van der Waals surface area contributed by atoms with Crippen molar-refractivity contribution in [1.29, 1.82) is 0 Å². The summed E-state index contributed by atoms with van der Waals surface area (Å²) in [4.78, 5) is 24.8. The molecular weight excluding hydrogens is 442 g/mol. The van der Waals surface area contributed by atoms with E-state index in [-0.39, 0.29) is 24.6 Å². The van der Waals surface area contributed by atoms with Gasteiger partial charge >= 0.3 is 5.97 Å². The highest BCUT2D eigenvalue weighted by Crippen LogP contribution is 2.39. The van der Waals surface area contributed by atoms with Crippen LogP contribution in [0, 0.1) is 11.8 Å². The first-order chi connectivity index (χ1) is 16.5. The number of carbonyl (C=O) groups excluding carboxylic acids is 2. The first-order valence-electron chi connectivity index (χ1n) is 10.2. The van der Waals surface area contributed by atoms with Gasteiger partial charge in [0.1, 0.15) is 11.4 Å². The molecule has 1 aromatic heterocycles. The highest BCUT2D eigenvalue weighted by Gasteiger charge is 2.23. The molecule has 10 heteroatoms. The Morgan fingerprint density at radius 3 is 2.26 bits per heavy atom. The van der Waals surface area contributed by atoms with Crippen LogP contribution in [-0.2, 0) is 9.53 Å². The Bertz CT molecular complexity index is 1250. The summed E-state index contributed by atoms with van der Waals surface area (Å²) in [6.07, 6.45) is 0. The summed E-state index contributed by atoms with van der Waals surface area (Å²) in [5, 5.41) is 10.4. The number of nitrogens with one attached hydrogen (secondary N) is 2. The highest BCUT2D eigenvalue weighted by atomic mass is 16.5. The van der Waals surface area contributed by atoms with Gasteiger partial charge in [-0.15, -0.1) is 0 Å². The normalized spacial score (nSPS) is 10.3. The van der Waals surface area contributed by atoms with Crippen molar-refractivity contribution in [2.75, 3.05) is 48.6 Å². The topological polar surface area (TPSA) is 121 Å². The molecule has 0 saturated heterocycles. The van der Waals surface area contributed by atoms with Crippen LogP contribution >= 0.6 is 0 Å². The molecule has 0 amide bonds. The molecule has 0 radical (unpaired) electrons. The lowest BCUT2D eigenvalue weighted by atomic mass is 10.0. The first-order valence-corrected chi connectivity index (χ1v) is 10.2. The molecule has 3 aromatic rings. The van der Waals surface area contributed by atoms with Gasteiger partial charge in [0.25, 0.3) is 0 Å². The third-order valence-corrected chi connectivity index (χ3v) is 4.90. The summed E-state index contributed by atoms with van der Waals surface area (Å²) in [6.45, 7) is -0.00104. The van der Waals surface area contributed by atoms with Crippen molar-refractivity contribution in [3.63, 3.8) is 0 Å². The molecule has 1 heterocycles. The number of aromatic amines is 1. The molecule has 2 N–H and O–H groups in total. The third kappa shape index (κ3) is 4.89. The minimum atomic E-state index is -0.415. The quantitative estimate of drug-likeness (QED) is 0.276. The van der Waals surface area contributed by atoms with Gasteiger partial charge in [0.15, 0.2) is 18.1 Å². The molecule has 0 saturated carbocycles. The molecule has 3 rings (SSSR count). The zero-order valence-electron chi connectivity index (χ0n) is 19.5. The fourth-order valence-electron chi connectivity index (χ4n) is 3.32. The molecule has 0 aliphatic heterocycles. The van der Waals surface area contributed by atoms with E-state index in [1.807, 2.05) is 0 Å². The number of methoxy groups -OCH3 is 4. The molecule has 0 spiro atoms. The van der Waals surface area contributed by atoms with Crippen molar-refractivity contribution in [2.45, 2.75) is 0 Å². The summed E-state index contributed by atoms with van der Waals surface area (Å²) in [7, 11) is 7.59. The lowest BCUT2D eigenvalue weighted by Crippen LogP contribution is -2.20. The highest BCUT2D eigenvalue weighted by molar-refractivity contribution is 6.16. The molecule has 0 atom stereocenters. The largest absolute Gasteiger partial charge is 0.495 e. The predicted octanol–water partition coefficient (Wildman–Crippen LogP) is 1.94. The van der Waals surface area contributed by atoms with Crippen LogP contribution in [-0.4, -0.2) is 70.6 Å². The van der Waals surface area contributed by atoms with Crippen molar-refractivity contribution in [1.82, 2.24) is 15.5 Å². The third-order valence-electron chi connectivity index (χ3n) is 4.90. The number of benzene rings is 2. The Kier molecular flexibility index (Phi) is 7.95. The van der Waals surface area contributed by atoms with Crippen LogP contribution in [0.4, 0.5) is 0 Å². The van der Waals surface area contributed by atoms with E-state index in [9.17, 15) is 9.59 Å². The van der Waals surface area contributed by atoms with Gasteiger partial charge in [-0.25, -0.2) is 0 Å². The summed E-state index contributed by atoms with van der Waals surface area (Å²) in [6, 6.07) is 6.55. The number of nitrogens with zero attached hydrogens (tertiary/aromatic N) is 1. The van der Waals surface area contributed by atoms with Gasteiger partial charge in [-0.1, -0.05) is 11.8 Å². The minimum Gasteiger partial charge on any atom is -0.495 e. The Hall–Kier alpha value is -4.23. The summed E-state index contributed by atoms with van der Waals surface area (Å²) in [5.41, 5.74) is 1.50. The average molecular weight is 467 g/mol. The number of hydrogen-bond acceptors (Lipinski definition) is 9. The van der Waals surface area contributed by atoms with Crippen molar-refractivity contribution < 1.29 is 33.3 Å². The number of H-pyrrole nitrogens is 1. The summed E-state index contributed by atoms with van der Waals surface area (Å²) < 4.78 is 26.5. The lowest BCUT2D eigenvalue weighted by molar-refractivity contribution is -0.140. The van der Waals surface area contributed by atoms with Gasteiger partial charge in [-0.05, 0) is 31.3 Å². The SMILES string of the molecule is CNCC(=O)OCC#Cc1c(OC)ccc2c(C(=O)c3cc(OC)c(OC)c(OC)c3)n[nH]c12. The number of rotatable bonds is 9. The second kappa shape index (κ2) is 11.1. The van der Waals surface area contributed by atoms with E-state index >= 15 is 0 Å². The van der Waals surface area contributed by atoms with Crippen LogP contribution in [0.5, 0.6) is 23.0 Å². The van der Waals surface area contributed by atoms with E-state index in [1.165, 1.54) is 28.4 Å². The molecule has 0 bridgehead atoms. The van der Waals surface area contributed by atoms with Gasteiger partial charge in [-0.2, -0.15) is 5.10 Å². The van der Waals surface area contributed by atoms with Crippen LogP contribution in [0.2, 0.25) is 0 Å². The lowest BCUT2D eigenvalue weighted by Gasteiger charge is -2.13. The Morgan fingerprint density at radius 1 is 1.00 bits per heavy atom. The standard InChI is InChI=1S/C24H25N3O7/c1-25-13-20(28)34-10-6-7-15-17(30-2)9-8-16-21(15)26-27-22(16)23(29)14-11-18(31-3)24(33-5)19(12-14)32-4/h8-9,11-12,25H,10,13H2,1-5H3,(H,26,27). The first kappa shape index (κ1) is 24.4. The molecule has 2 aromatic carbocycles. The number of esters is 1. The average Bonchev–Trinajstić information content (AvgIpc) is 3.29. The van der Waals surface area contributed by atoms with E-state index in [4.69, 9.17) is 23.7 Å². The molecule has 0 aliphatic rings. The molecule has 10 nitrogen and oxygen atoms in total. The molecular formula is C24H25N3O7. The number of ketones is 1. The van der Waals surface area contributed by atoms with Crippen LogP contribution in [0.15, 0.2) is 24.3 Å². The molecule has 0 aliphatic carbocycles. The maximum atomic E-state index is 13.4. The number of aromatic nitrogens is 2. The second-order valence-electron chi connectivity index (χ2n) is 6.87. The summed E-state index contributed by atoms with van der Waals surface area (Å²) >= 11 is 0. The monoisotopic (exact) mass is 467 g/mol. The zero-order chi connectivity index (χ0) is 24.7. The van der Waals surface area contributed by atoms with E-state index in [2.05, 4.69) is 27.4 Å². The number of ether oxygens (including phenoxy) is 5. The Balaban J connectivity index is 2.01. The fraction of sp³-hybridized carbons (Fsp3) is 0.292. The van der Waals surface area contributed by atoms with Crippen LogP contribution in [0.3, 0.4) is 0 Å². The second-order valence-corrected chi connectivity index (χ2v) is 6.87. The minimum absolute atomic E-state index is 0.0908. The van der Waals surface area contributed by atoms with Gasteiger partial charge in [0.05, 0.1) is 46.1 Å². The molecule has 0 unspecified atom stereocenters. The number of likely N-dealkylation sites (N-methyl/N-ethyl adjacent to an activating group) is 1. The van der Waals surface area contributed by atoms with Gasteiger partial charge in [0, 0.05) is 10.9 Å². The predicted molar refractivity (Wildman–Crippen MR) is 124 cm³/mol. The van der Waals surface area contributed by atoms with Crippen LogP contribution in [0.25, 0.3) is 10.9 Å². The Labute approximate surface area is 196 Å². The van der Waals surface area contributed by atoms with Gasteiger partial charge in [-0.3, -0.25) is 14.7 Å². The van der Waals surface area contributed by atoms with Crippen molar-refractivity contribution >= 4 is 22.7 Å². The number of fused-ring (bicyclic) bond motifs is 1. The van der Waals surface area contributed by atoms with Gasteiger partial charge < -0.3 is 29.0 Å². The molecule has 178 valence electrons. The summed E-state index contributed by atoms with van der Waals surface area (Å²) in [5.74, 6) is 6.53.